The molecule has 27 heavy (non-hydrogen) atoms. The lowest BCUT2D eigenvalue weighted by Crippen LogP contribution is -2.52. The zero-order valence-corrected chi connectivity index (χ0v) is 14.8. The Balaban J connectivity index is 1.54. The molecule has 0 aliphatic carbocycles. The average molecular weight is 384 g/mol. The molecular weight excluding hydrogens is 365 g/mol. The predicted molar refractivity (Wildman–Crippen MR) is 88.8 cm³/mol. The molecular formula is C15H19F3N8O. The van der Waals surface area contributed by atoms with Gasteiger partial charge in [0, 0.05) is 39.4 Å². The van der Waals surface area contributed by atoms with Crippen LogP contribution in [-0.4, -0.2) is 62.3 Å². The summed E-state index contributed by atoms with van der Waals surface area (Å²) in [7, 11) is 1.69. The number of anilines is 1. The summed E-state index contributed by atoms with van der Waals surface area (Å²) >= 11 is 0. The predicted octanol–water partition coefficient (Wildman–Crippen LogP) is 1.22. The van der Waals surface area contributed by atoms with Crippen LogP contribution < -0.4 is 10.2 Å². The molecule has 2 aromatic rings. The Kier molecular flexibility index (Phi) is 5.15. The molecule has 0 saturated carbocycles. The van der Waals surface area contributed by atoms with E-state index in [1.807, 2.05) is 4.90 Å². The van der Waals surface area contributed by atoms with E-state index in [0.29, 0.717) is 37.8 Å². The van der Waals surface area contributed by atoms with E-state index >= 15 is 0 Å². The minimum absolute atomic E-state index is 0.245. The van der Waals surface area contributed by atoms with Gasteiger partial charge in [-0.15, -0.1) is 5.10 Å². The number of carbonyl (C=O) groups excluding carboxylic acids is 1. The van der Waals surface area contributed by atoms with Gasteiger partial charge in [0.25, 0.3) is 0 Å². The molecule has 1 saturated heterocycles. The number of nitrogens with zero attached hydrogens (tertiary/aromatic N) is 7. The molecule has 0 radical (unpaired) electrons. The summed E-state index contributed by atoms with van der Waals surface area (Å²) in [6, 6.07) is 1.76. The topological polar surface area (TPSA) is 92.1 Å². The van der Waals surface area contributed by atoms with E-state index in [4.69, 9.17) is 0 Å². The quantitative estimate of drug-likeness (QED) is 0.856. The van der Waals surface area contributed by atoms with Gasteiger partial charge in [0.1, 0.15) is 5.82 Å². The maximum atomic E-state index is 12.6. The van der Waals surface area contributed by atoms with E-state index in [0.717, 1.165) is 12.3 Å². The second kappa shape index (κ2) is 7.37. The summed E-state index contributed by atoms with van der Waals surface area (Å²) in [5, 5.41) is 14.0. The van der Waals surface area contributed by atoms with Crippen LogP contribution in [-0.2, 0) is 13.2 Å². The fraction of sp³-hybridized carbons (Fsp3) is 0.533. The number of amides is 2. The first-order chi connectivity index (χ1) is 12.8. The Morgan fingerprint density at radius 1 is 1.22 bits per heavy atom. The van der Waals surface area contributed by atoms with Crippen LogP contribution in [0.2, 0.25) is 0 Å². The third kappa shape index (κ3) is 4.26. The van der Waals surface area contributed by atoms with Crippen molar-refractivity contribution >= 4 is 11.8 Å². The van der Waals surface area contributed by atoms with Crippen molar-refractivity contribution in [3.63, 3.8) is 0 Å². The maximum absolute atomic E-state index is 12.6. The summed E-state index contributed by atoms with van der Waals surface area (Å²) in [5.74, 6) is 0.998. The molecule has 0 spiro atoms. The van der Waals surface area contributed by atoms with Crippen molar-refractivity contribution in [2.75, 3.05) is 31.1 Å². The van der Waals surface area contributed by atoms with Gasteiger partial charge in [-0.05, 0) is 29.5 Å². The molecule has 1 N–H and O–H groups in total. The number of piperazine rings is 1. The zero-order chi connectivity index (χ0) is 19.6. The number of halogens is 3. The number of hydrogen-bond acceptors (Lipinski definition) is 6. The van der Waals surface area contributed by atoms with Gasteiger partial charge in [-0.25, -0.2) is 14.5 Å². The van der Waals surface area contributed by atoms with Crippen molar-refractivity contribution in [1.29, 1.82) is 0 Å². The fourth-order valence-electron chi connectivity index (χ4n) is 2.82. The standard InChI is InChI=1S/C15H19F3N8O/c1-10(13-21-22-23-24(13)2)20-14(27)26-7-5-25(6-8-26)12-4-3-11(9-19-12)15(16,17)18/h3-4,9-10H,5-8H2,1-2H3,(H,20,27). The number of aromatic nitrogens is 5. The van der Waals surface area contributed by atoms with E-state index in [9.17, 15) is 18.0 Å². The highest BCUT2D eigenvalue weighted by atomic mass is 19.4. The van der Waals surface area contributed by atoms with Crippen molar-refractivity contribution in [2.24, 2.45) is 7.05 Å². The van der Waals surface area contributed by atoms with Gasteiger partial charge in [0.05, 0.1) is 11.6 Å². The molecule has 9 nitrogen and oxygen atoms in total. The minimum Gasteiger partial charge on any atom is -0.353 e. The van der Waals surface area contributed by atoms with E-state index in [2.05, 4.69) is 25.8 Å². The van der Waals surface area contributed by atoms with Crippen LogP contribution >= 0.6 is 0 Å². The zero-order valence-electron chi connectivity index (χ0n) is 14.8. The average Bonchev–Trinajstić information content (AvgIpc) is 3.07. The highest BCUT2D eigenvalue weighted by molar-refractivity contribution is 5.75. The third-order valence-electron chi connectivity index (χ3n) is 4.35. The van der Waals surface area contributed by atoms with Crippen molar-refractivity contribution in [1.82, 2.24) is 35.4 Å². The largest absolute Gasteiger partial charge is 0.417 e. The van der Waals surface area contributed by atoms with Gasteiger partial charge in [0.15, 0.2) is 5.82 Å². The van der Waals surface area contributed by atoms with Gasteiger partial charge < -0.3 is 15.1 Å². The summed E-state index contributed by atoms with van der Waals surface area (Å²) in [6.07, 6.45) is -3.58. The molecule has 2 amide bonds. The van der Waals surface area contributed by atoms with Gasteiger partial charge in [0.2, 0.25) is 0 Å². The third-order valence-corrected chi connectivity index (χ3v) is 4.35. The van der Waals surface area contributed by atoms with Crippen LogP contribution in [0.1, 0.15) is 24.4 Å². The lowest BCUT2D eigenvalue weighted by atomic mass is 10.2. The highest BCUT2D eigenvalue weighted by Gasteiger charge is 2.31. The van der Waals surface area contributed by atoms with Crippen molar-refractivity contribution in [2.45, 2.75) is 19.1 Å². The molecule has 0 aromatic carbocycles. The van der Waals surface area contributed by atoms with Crippen LogP contribution in [0.3, 0.4) is 0 Å². The molecule has 12 heteroatoms. The molecule has 1 aliphatic rings. The van der Waals surface area contributed by atoms with Gasteiger partial charge in [-0.3, -0.25) is 0 Å². The summed E-state index contributed by atoms with van der Waals surface area (Å²) in [5.41, 5.74) is -0.781. The first kappa shape index (κ1) is 18.9. The SMILES string of the molecule is CC(NC(=O)N1CCN(c2ccc(C(F)(F)F)cn2)CC1)c1nnnn1C. The molecule has 3 rings (SSSR count). The number of hydrogen-bond donors (Lipinski definition) is 1. The number of aryl methyl sites for hydroxylation is 1. The second-order valence-corrected chi connectivity index (χ2v) is 6.21. The highest BCUT2D eigenvalue weighted by Crippen LogP contribution is 2.29. The van der Waals surface area contributed by atoms with E-state index in [1.165, 1.54) is 10.7 Å². The molecule has 0 bridgehead atoms. The number of nitrogens with one attached hydrogen (secondary N) is 1. The Morgan fingerprint density at radius 2 is 1.93 bits per heavy atom. The smallest absolute Gasteiger partial charge is 0.353 e. The van der Waals surface area contributed by atoms with E-state index < -0.39 is 11.7 Å². The van der Waals surface area contributed by atoms with Gasteiger partial charge in [-0.1, -0.05) is 0 Å². The van der Waals surface area contributed by atoms with Gasteiger partial charge in [-0.2, -0.15) is 13.2 Å². The minimum atomic E-state index is -4.41. The molecule has 146 valence electrons. The fourth-order valence-corrected chi connectivity index (χ4v) is 2.82. The van der Waals surface area contributed by atoms with Crippen molar-refractivity contribution in [3.05, 3.63) is 29.7 Å². The second-order valence-electron chi connectivity index (χ2n) is 6.21. The lowest BCUT2D eigenvalue weighted by molar-refractivity contribution is -0.137. The van der Waals surface area contributed by atoms with Crippen LogP contribution in [0, 0.1) is 0 Å². The summed E-state index contributed by atoms with van der Waals surface area (Å²) < 4.78 is 39.3. The maximum Gasteiger partial charge on any atom is 0.417 e. The molecule has 1 atom stereocenters. The summed E-state index contributed by atoms with van der Waals surface area (Å²) in [4.78, 5) is 19.8. The Labute approximate surface area is 153 Å². The number of rotatable bonds is 3. The van der Waals surface area contributed by atoms with Crippen LogP contribution in [0.4, 0.5) is 23.8 Å². The van der Waals surface area contributed by atoms with Gasteiger partial charge >= 0.3 is 12.2 Å². The molecule has 2 aromatic heterocycles. The van der Waals surface area contributed by atoms with Crippen LogP contribution in [0.25, 0.3) is 0 Å². The lowest BCUT2D eigenvalue weighted by Gasteiger charge is -2.35. The molecule has 1 fully saturated rings. The number of carbonyl (C=O) groups is 1. The van der Waals surface area contributed by atoms with Crippen molar-refractivity contribution < 1.29 is 18.0 Å². The Morgan fingerprint density at radius 3 is 2.44 bits per heavy atom. The van der Waals surface area contributed by atoms with Crippen molar-refractivity contribution in [3.8, 4) is 0 Å². The number of alkyl halides is 3. The Bertz CT molecular complexity index is 783. The van der Waals surface area contributed by atoms with Crippen LogP contribution in [0.5, 0.6) is 0 Å². The van der Waals surface area contributed by atoms with E-state index in [1.54, 1.807) is 18.9 Å². The number of pyridine rings is 1. The number of urea groups is 1. The Hall–Kier alpha value is -2.92. The first-order valence-electron chi connectivity index (χ1n) is 8.31. The molecule has 3 heterocycles. The normalized spacial score (nSPS) is 16.3. The summed E-state index contributed by atoms with van der Waals surface area (Å²) in [6.45, 7) is 3.60. The molecule has 1 unspecified atom stereocenters. The van der Waals surface area contributed by atoms with E-state index in [-0.39, 0.29) is 12.1 Å². The van der Waals surface area contributed by atoms with Crippen LogP contribution in [0.15, 0.2) is 18.3 Å². The molecule has 1 aliphatic heterocycles. The first-order valence-corrected chi connectivity index (χ1v) is 8.31. The number of tetrazole rings is 1. The monoisotopic (exact) mass is 384 g/mol.